The maximum absolute atomic E-state index is 10.7. The Morgan fingerprint density at radius 2 is 2.00 bits per heavy atom. The fraction of sp³-hybridized carbons (Fsp3) is 0.714. The zero-order valence-corrected chi connectivity index (χ0v) is 12.9. The van der Waals surface area contributed by atoms with Gasteiger partial charge < -0.3 is 10.0 Å². The molecule has 0 saturated carbocycles. The van der Waals surface area contributed by atoms with Crippen molar-refractivity contribution in [2.75, 3.05) is 18.0 Å². The first kappa shape index (κ1) is 16.0. The molecule has 5 heteroatoms. The van der Waals surface area contributed by atoms with Gasteiger partial charge in [0, 0.05) is 18.0 Å². The third-order valence-corrected chi connectivity index (χ3v) is 4.30. The van der Waals surface area contributed by atoms with Gasteiger partial charge in [-0.05, 0) is 20.3 Å². The van der Waals surface area contributed by atoms with E-state index in [1.807, 2.05) is 6.92 Å². The Hall–Kier alpha value is -1.10. The van der Waals surface area contributed by atoms with Crippen LogP contribution in [0.2, 0.25) is 0 Å². The third-order valence-electron chi connectivity index (χ3n) is 3.16. The smallest absolute Gasteiger partial charge is 0.305 e. The van der Waals surface area contributed by atoms with Crippen LogP contribution in [0.4, 0.5) is 5.13 Å². The molecule has 0 radical (unpaired) electrons. The van der Waals surface area contributed by atoms with Crippen molar-refractivity contribution in [3.63, 3.8) is 0 Å². The zero-order valence-electron chi connectivity index (χ0n) is 12.1. The van der Waals surface area contributed by atoms with Crippen molar-refractivity contribution < 1.29 is 9.90 Å². The second kappa shape index (κ2) is 8.15. The molecule has 0 aromatic carbocycles. The first-order valence-electron chi connectivity index (χ1n) is 6.95. The molecule has 4 nitrogen and oxygen atoms in total. The van der Waals surface area contributed by atoms with Crippen molar-refractivity contribution in [1.29, 1.82) is 0 Å². The van der Waals surface area contributed by atoms with Gasteiger partial charge in [-0.2, -0.15) is 0 Å². The summed E-state index contributed by atoms with van der Waals surface area (Å²) in [6.07, 6.45) is 4.92. The SMILES string of the molecule is CCCCCCN(CCC(=O)O)c1nc(C)c(C)s1. The van der Waals surface area contributed by atoms with Gasteiger partial charge in [-0.15, -0.1) is 11.3 Å². The molecule has 0 unspecified atom stereocenters. The van der Waals surface area contributed by atoms with Crippen LogP contribution in [-0.2, 0) is 4.79 Å². The van der Waals surface area contributed by atoms with E-state index in [9.17, 15) is 4.79 Å². The van der Waals surface area contributed by atoms with Crippen molar-refractivity contribution in [1.82, 2.24) is 4.98 Å². The number of anilines is 1. The van der Waals surface area contributed by atoms with E-state index >= 15 is 0 Å². The van der Waals surface area contributed by atoms with E-state index in [0.717, 1.165) is 23.8 Å². The number of nitrogens with zero attached hydrogens (tertiary/aromatic N) is 2. The number of aromatic nitrogens is 1. The van der Waals surface area contributed by atoms with Gasteiger partial charge in [0.15, 0.2) is 5.13 Å². The van der Waals surface area contributed by atoms with Crippen LogP contribution in [0.5, 0.6) is 0 Å². The van der Waals surface area contributed by atoms with Gasteiger partial charge in [0.05, 0.1) is 12.1 Å². The average molecular weight is 284 g/mol. The Kier molecular flexibility index (Phi) is 6.84. The maximum atomic E-state index is 10.7. The van der Waals surface area contributed by atoms with Gasteiger partial charge in [-0.1, -0.05) is 26.2 Å². The second-order valence-corrected chi connectivity index (χ2v) is 6.01. The molecule has 0 amide bonds. The van der Waals surface area contributed by atoms with Crippen LogP contribution in [0, 0.1) is 13.8 Å². The van der Waals surface area contributed by atoms with Crippen LogP contribution in [-0.4, -0.2) is 29.1 Å². The molecule has 0 aliphatic heterocycles. The monoisotopic (exact) mass is 284 g/mol. The molecule has 1 rings (SSSR count). The fourth-order valence-corrected chi connectivity index (χ4v) is 2.82. The molecule has 0 aliphatic rings. The maximum Gasteiger partial charge on any atom is 0.305 e. The van der Waals surface area contributed by atoms with Crippen LogP contribution in [0.1, 0.15) is 49.6 Å². The summed E-state index contributed by atoms with van der Waals surface area (Å²) in [4.78, 5) is 18.6. The molecule has 1 aromatic heterocycles. The Balaban J connectivity index is 2.60. The minimum absolute atomic E-state index is 0.172. The lowest BCUT2D eigenvalue weighted by Gasteiger charge is -2.20. The first-order valence-corrected chi connectivity index (χ1v) is 7.77. The lowest BCUT2D eigenvalue weighted by atomic mass is 10.2. The lowest BCUT2D eigenvalue weighted by molar-refractivity contribution is -0.136. The van der Waals surface area contributed by atoms with Crippen LogP contribution in [0.3, 0.4) is 0 Å². The number of unbranched alkanes of at least 4 members (excludes halogenated alkanes) is 3. The van der Waals surface area contributed by atoms with E-state index in [4.69, 9.17) is 5.11 Å². The molecule has 0 aliphatic carbocycles. The summed E-state index contributed by atoms with van der Waals surface area (Å²) < 4.78 is 0. The Bertz CT molecular complexity index is 385. The normalized spacial score (nSPS) is 10.7. The van der Waals surface area contributed by atoms with E-state index in [-0.39, 0.29) is 6.42 Å². The summed E-state index contributed by atoms with van der Waals surface area (Å²) in [7, 11) is 0. The first-order chi connectivity index (χ1) is 9.04. The highest BCUT2D eigenvalue weighted by Crippen LogP contribution is 2.25. The molecular formula is C14H24N2O2S. The van der Waals surface area contributed by atoms with E-state index < -0.39 is 5.97 Å². The lowest BCUT2D eigenvalue weighted by Crippen LogP contribution is -2.27. The number of hydrogen-bond donors (Lipinski definition) is 1. The van der Waals surface area contributed by atoms with Gasteiger partial charge in [-0.3, -0.25) is 4.79 Å². The number of carbonyl (C=O) groups is 1. The number of thiazole rings is 1. The minimum Gasteiger partial charge on any atom is -0.481 e. The summed E-state index contributed by atoms with van der Waals surface area (Å²) in [5.41, 5.74) is 1.05. The molecule has 0 fully saturated rings. The van der Waals surface area contributed by atoms with E-state index in [1.165, 1.54) is 24.1 Å². The van der Waals surface area contributed by atoms with Crippen molar-refractivity contribution in [3.8, 4) is 0 Å². The molecule has 19 heavy (non-hydrogen) atoms. The number of carboxylic acids is 1. The van der Waals surface area contributed by atoms with Crippen molar-refractivity contribution in [2.45, 2.75) is 52.9 Å². The van der Waals surface area contributed by atoms with Gasteiger partial charge in [0.1, 0.15) is 0 Å². The summed E-state index contributed by atoms with van der Waals surface area (Å²) in [5.74, 6) is -0.747. The van der Waals surface area contributed by atoms with Gasteiger partial charge in [0.2, 0.25) is 0 Å². The molecule has 0 saturated heterocycles. The molecule has 108 valence electrons. The number of hydrogen-bond acceptors (Lipinski definition) is 4. The third kappa shape index (κ3) is 5.59. The summed E-state index contributed by atoms with van der Waals surface area (Å²) in [5, 5.41) is 9.80. The van der Waals surface area contributed by atoms with Crippen LogP contribution in [0.25, 0.3) is 0 Å². The highest BCUT2D eigenvalue weighted by Gasteiger charge is 2.13. The number of aryl methyl sites for hydroxylation is 2. The Morgan fingerprint density at radius 3 is 2.53 bits per heavy atom. The van der Waals surface area contributed by atoms with E-state index in [2.05, 4.69) is 23.7 Å². The van der Waals surface area contributed by atoms with Crippen molar-refractivity contribution in [2.24, 2.45) is 0 Å². The fourth-order valence-electron chi connectivity index (χ4n) is 1.85. The van der Waals surface area contributed by atoms with E-state index in [1.54, 1.807) is 11.3 Å². The molecule has 0 atom stereocenters. The highest BCUT2D eigenvalue weighted by molar-refractivity contribution is 7.15. The van der Waals surface area contributed by atoms with Crippen molar-refractivity contribution in [3.05, 3.63) is 10.6 Å². The number of aliphatic carboxylic acids is 1. The Morgan fingerprint density at radius 1 is 1.26 bits per heavy atom. The second-order valence-electron chi connectivity index (χ2n) is 4.83. The van der Waals surface area contributed by atoms with Crippen molar-refractivity contribution >= 4 is 22.4 Å². The quantitative estimate of drug-likeness (QED) is 0.704. The van der Waals surface area contributed by atoms with Gasteiger partial charge >= 0.3 is 5.97 Å². The predicted molar refractivity (Wildman–Crippen MR) is 80.2 cm³/mol. The number of rotatable bonds is 9. The zero-order chi connectivity index (χ0) is 14.3. The van der Waals surface area contributed by atoms with Gasteiger partial charge in [-0.25, -0.2) is 4.98 Å². The molecule has 1 N–H and O–H groups in total. The molecular weight excluding hydrogens is 260 g/mol. The highest BCUT2D eigenvalue weighted by atomic mass is 32.1. The van der Waals surface area contributed by atoms with Crippen LogP contribution in [0.15, 0.2) is 0 Å². The van der Waals surface area contributed by atoms with E-state index in [0.29, 0.717) is 6.54 Å². The largest absolute Gasteiger partial charge is 0.481 e. The Labute approximate surface area is 119 Å². The minimum atomic E-state index is -0.747. The topological polar surface area (TPSA) is 53.4 Å². The van der Waals surface area contributed by atoms with Gasteiger partial charge in [0.25, 0.3) is 0 Å². The predicted octanol–water partition coefficient (Wildman–Crippen LogP) is 3.62. The summed E-state index contributed by atoms with van der Waals surface area (Å²) in [6, 6.07) is 0. The summed E-state index contributed by atoms with van der Waals surface area (Å²) in [6.45, 7) is 7.70. The summed E-state index contributed by atoms with van der Waals surface area (Å²) >= 11 is 1.66. The van der Waals surface area contributed by atoms with Crippen LogP contribution < -0.4 is 4.90 Å². The molecule has 1 aromatic rings. The number of carboxylic acid groups (broad SMARTS) is 1. The average Bonchev–Trinajstić information content (AvgIpc) is 2.68. The van der Waals surface area contributed by atoms with Crippen LogP contribution >= 0.6 is 11.3 Å². The molecule has 0 bridgehead atoms. The molecule has 0 spiro atoms. The standard InChI is InChI=1S/C14H24N2O2S/c1-4-5-6-7-9-16(10-8-13(17)18)14-15-11(2)12(3)19-14/h4-10H2,1-3H3,(H,17,18). The molecule has 1 heterocycles.